The van der Waals surface area contributed by atoms with E-state index in [-0.39, 0.29) is 22.7 Å². The highest BCUT2D eigenvalue weighted by Gasteiger charge is 2.54. The van der Waals surface area contributed by atoms with Gasteiger partial charge in [-0.2, -0.15) is 0 Å². The molecule has 0 N–H and O–H groups in total. The molecule has 0 aliphatic heterocycles. The van der Waals surface area contributed by atoms with Crippen molar-refractivity contribution in [2.75, 3.05) is 0 Å². The molecule has 0 spiro atoms. The molecule has 3 heteroatoms. The van der Waals surface area contributed by atoms with Gasteiger partial charge in [0.1, 0.15) is 0 Å². The molecule has 0 bridgehead atoms. The Kier molecular flexibility index (Phi) is 7.59. The van der Waals surface area contributed by atoms with Crippen LogP contribution in [0.2, 0.25) is 0 Å². The Bertz CT molecular complexity index is 990. The van der Waals surface area contributed by atoms with Crippen LogP contribution in [-0.4, -0.2) is 8.42 Å². The van der Waals surface area contributed by atoms with E-state index in [1.165, 1.54) is 12.8 Å². The normalized spacial score (nSPS) is 30.3. The Morgan fingerprint density at radius 2 is 1.00 bits per heavy atom. The van der Waals surface area contributed by atoms with Gasteiger partial charge in [0.25, 0.3) is 0 Å². The molecule has 4 rings (SSSR count). The summed E-state index contributed by atoms with van der Waals surface area (Å²) < 4.78 is 30.6. The smallest absolute Gasteiger partial charge is 0.164 e. The van der Waals surface area contributed by atoms with Crippen molar-refractivity contribution in [2.45, 2.75) is 90.6 Å². The van der Waals surface area contributed by atoms with Crippen LogP contribution in [0.3, 0.4) is 0 Å². The van der Waals surface area contributed by atoms with E-state index in [1.807, 2.05) is 36.4 Å². The van der Waals surface area contributed by atoms with Crippen LogP contribution in [-0.2, 0) is 9.84 Å². The van der Waals surface area contributed by atoms with Crippen LogP contribution in [0.25, 0.3) is 0 Å². The molecule has 2 nitrogen and oxygen atoms in total. The molecule has 0 radical (unpaired) electrons. The molecular formula is C32H46O2S. The second-order valence-corrected chi connectivity index (χ2v) is 15.2. The molecule has 2 aromatic carbocycles. The second-order valence-electron chi connectivity index (χ2n) is 13.0. The van der Waals surface area contributed by atoms with Crippen molar-refractivity contribution in [3.05, 3.63) is 71.8 Å². The van der Waals surface area contributed by atoms with Crippen LogP contribution < -0.4 is 0 Å². The molecule has 0 amide bonds. The van der Waals surface area contributed by atoms with Crippen molar-refractivity contribution in [3.8, 4) is 0 Å². The summed E-state index contributed by atoms with van der Waals surface area (Å²) in [7, 11) is -3.58. The Morgan fingerprint density at radius 1 is 0.657 bits per heavy atom. The fraction of sp³-hybridized carbons (Fsp3) is 0.625. The average molecular weight is 495 g/mol. The minimum Gasteiger partial charge on any atom is -0.228 e. The van der Waals surface area contributed by atoms with Gasteiger partial charge in [0, 0.05) is 0 Å². The third-order valence-corrected chi connectivity index (χ3v) is 12.2. The first-order valence-electron chi connectivity index (χ1n) is 13.8. The number of hydrogen-bond acceptors (Lipinski definition) is 2. The monoisotopic (exact) mass is 494 g/mol. The zero-order valence-corrected chi connectivity index (χ0v) is 23.5. The van der Waals surface area contributed by atoms with Gasteiger partial charge in [0.15, 0.2) is 9.84 Å². The number of hydrogen-bond donors (Lipinski definition) is 0. The molecule has 2 aliphatic carbocycles. The number of rotatable bonds is 6. The molecule has 2 fully saturated rings. The lowest BCUT2D eigenvalue weighted by Gasteiger charge is -2.51. The van der Waals surface area contributed by atoms with Crippen molar-refractivity contribution >= 4 is 9.84 Å². The van der Waals surface area contributed by atoms with Crippen LogP contribution in [0.4, 0.5) is 0 Å². The standard InChI is InChI=1S/C32H46O2S/c1-23-15-13-21-31(3,4)27(23)29(25-17-9-7-10-18-25)35(33,34)30(26-19-11-8-12-20-26)28-24(2)16-14-22-32(28,5)6/h7-12,17-20,23-24,27-30H,13-16,21-22H2,1-6H3/t23-,24-,27?,28?,29-,30-/m1/s1. The van der Waals surface area contributed by atoms with Crippen LogP contribution in [0.15, 0.2) is 60.7 Å². The largest absolute Gasteiger partial charge is 0.228 e. The summed E-state index contributed by atoms with van der Waals surface area (Å²) in [6.07, 6.45) is 6.75. The van der Waals surface area contributed by atoms with Crippen molar-refractivity contribution < 1.29 is 8.42 Å². The molecule has 2 aromatic rings. The Balaban J connectivity index is 1.95. The molecule has 0 heterocycles. The van der Waals surface area contributed by atoms with E-state index in [1.54, 1.807) is 0 Å². The fourth-order valence-electron chi connectivity index (χ4n) is 8.05. The fourth-order valence-corrected chi connectivity index (χ4v) is 11.5. The minimum atomic E-state index is -3.58. The van der Waals surface area contributed by atoms with Crippen molar-refractivity contribution in [1.82, 2.24) is 0 Å². The van der Waals surface area contributed by atoms with Gasteiger partial charge in [-0.25, -0.2) is 8.42 Å². The number of sulfone groups is 1. The summed E-state index contributed by atoms with van der Waals surface area (Å²) >= 11 is 0. The second kappa shape index (κ2) is 10.0. The molecule has 0 saturated heterocycles. The predicted octanol–water partition coefficient (Wildman–Crippen LogP) is 8.81. The summed E-state index contributed by atoms with van der Waals surface area (Å²) in [5.41, 5.74) is 1.89. The predicted molar refractivity (Wildman–Crippen MR) is 148 cm³/mol. The summed E-state index contributed by atoms with van der Waals surface area (Å²) in [5, 5.41) is -0.992. The van der Waals surface area contributed by atoms with Crippen molar-refractivity contribution in [1.29, 1.82) is 0 Å². The van der Waals surface area contributed by atoms with Crippen LogP contribution >= 0.6 is 0 Å². The first-order chi connectivity index (χ1) is 16.5. The minimum absolute atomic E-state index is 0.0276. The molecule has 0 aromatic heterocycles. The topological polar surface area (TPSA) is 34.1 Å². The van der Waals surface area contributed by atoms with Gasteiger partial charge >= 0.3 is 0 Å². The third-order valence-electron chi connectivity index (χ3n) is 9.61. The molecule has 2 saturated carbocycles. The molecular weight excluding hydrogens is 448 g/mol. The molecule has 2 aliphatic rings. The lowest BCUT2D eigenvalue weighted by molar-refractivity contribution is 0.0695. The zero-order chi connectivity index (χ0) is 25.4. The first kappa shape index (κ1) is 26.5. The van der Waals surface area contributed by atoms with Gasteiger partial charge in [-0.1, -0.05) is 128 Å². The van der Waals surface area contributed by atoms with Crippen molar-refractivity contribution in [3.63, 3.8) is 0 Å². The average Bonchev–Trinajstić information content (AvgIpc) is 2.79. The highest BCUT2D eigenvalue weighted by Crippen LogP contribution is 2.59. The molecule has 192 valence electrons. The van der Waals surface area contributed by atoms with Gasteiger partial charge in [-0.15, -0.1) is 0 Å². The Morgan fingerprint density at radius 3 is 1.31 bits per heavy atom. The Hall–Kier alpha value is -1.61. The van der Waals surface area contributed by atoms with Gasteiger partial charge in [-0.05, 0) is 58.5 Å². The van der Waals surface area contributed by atoms with Gasteiger partial charge in [0.05, 0.1) is 10.5 Å². The van der Waals surface area contributed by atoms with Crippen LogP contribution in [0.5, 0.6) is 0 Å². The zero-order valence-electron chi connectivity index (χ0n) is 22.7. The maximum atomic E-state index is 15.3. The van der Waals surface area contributed by atoms with Crippen LogP contribution in [0, 0.1) is 34.5 Å². The van der Waals surface area contributed by atoms with Gasteiger partial charge in [0.2, 0.25) is 0 Å². The lowest BCUT2D eigenvalue weighted by Crippen LogP contribution is -2.46. The lowest BCUT2D eigenvalue weighted by atomic mass is 9.62. The van der Waals surface area contributed by atoms with Crippen molar-refractivity contribution in [2.24, 2.45) is 34.5 Å². The summed E-state index contributed by atoms with van der Waals surface area (Å²) in [6, 6.07) is 20.3. The summed E-state index contributed by atoms with van der Waals surface area (Å²) in [6.45, 7) is 13.8. The molecule has 6 atom stereocenters. The SMILES string of the molecule is C[C@@H]1CCCC(C)(C)C1[C@@H](c1ccccc1)S(=O)(=O)[C@H](c1ccccc1)C1[C@H](C)CCCC1(C)C. The van der Waals surface area contributed by atoms with Gasteiger partial charge < -0.3 is 0 Å². The van der Waals surface area contributed by atoms with E-state index in [9.17, 15) is 0 Å². The van der Waals surface area contributed by atoms with E-state index in [4.69, 9.17) is 0 Å². The van der Waals surface area contributed by atoms with Crippen LogP contribution in [0.1, 0.15) is 102 Å². The van der Waals surface area contributed by atoms with Gasteiger partial charge in [-0.3, -0.25) is 0 Å². The summed E-state index contributed by atoms with van der Waals surface area (Å²) in [5.74, 6) is 0.924. The molecule has 2 unspecified atom stereocenters. The maximum Gasteiger partial charge on any atom is 0.164 e. The maximum absolute atomic E-state index is 15.3. The summed E-state index contributed by atoms with van der Waals surface area (Å²) in [4.78, 5) is 0. The van der Waals surface area contributed by atoms with E-state index in [0.717, 1.165) is 36.8 Å². The third kappa shape index (κ3) is 5.13. The molecule has 35 heavy (non-hydrogen) atoms. The van der Waals surface area contributed by atoms with E-state index in [2.05, 4.69) is 65.8 Å². The number of benzene rings is 2. The van der Waals surface area contributed by atoms with E-state index >= 15 is 8.42 Å². The highest BCUT2D eigenvalue weighted by atomic mass is 32.2. The Labute approximate surface area is 214 Å². The first-order valence-corrected chi connectivity index (χ1v) is 15.4. The van der Waals surface area contributed by atoms with E-state index < -0.39 is 20.3 Å². The van der Waals surface area contributed by atoms with E-state index in [0.29, 0.717) is 11.8 Å². The highest BCUT2D eigenvalue weighted by molar-refractivity contribution is 7.92. The quantitative estimate of drug-likeness (QED) is 0.402.